The van der Waals surface area contributed by atoms with E-state index in [9.17, 15) is 8.42 Å². The van der Waals surface area contributed by atoms with Crippen LogP contribution in [0.4, 0.5) is 0 Å². The van der Waals surface area contributed by atoms with E-state index in [1.807, 2.05) is 31.2 Å². The fraction of sp³-hybridized carbons (Fsp3) is 0.550. The van der Waals surface area contributed by atoms with Crippen LogP contribution in [0.2, 0.25) is 0 Å². The van der Waals surface area contributed by atoms with Gasteiger partial charge in [0.1, 0.15) is 5.76 Å². The highest BCUT2D eigenvalue weighted by molar-refractivity contribution is 7.89. The molecule has 1 unspecified atom stereocenters. The fourth-order valence-electron chi connectivity index (χ4n) is 4.42. The molecule has 1 spiro atoms. The van der Waals surface area contributed by atoms with Crippen molar-refractivity contribution >= 4 is 10.0 Å². The van der Waals surface area contributed by atoms with Gasteiger partial charge in [-0.15, -0.1) is 0 Å². The summed E-state index contributed by atoms with van der Waals surface area (Å²) in [6.07, 6.45) is 1.66. The predicted molar refractivity (Wildman–Crippen MR) is 103 cm³/mol. The van der Waals surface area contributed by atoms with Crippen LogP contribution < -0.4 is 0 Å². The summed E-state index contributed by atoms with van der Waals surface area (Å²) in [5.41, 5.74) is 1.38. The van der Waals surface area contributed by atoms with Crippen LogP contribution in [0.1, 0.15) is 43.7 Å². The second-order valence-corrected chi connectivity index (χ2v) is 10.0. The van der Waals surface area contributed by atoms with Gasteiger partial charge in [0.2, 0.25) is 10.0 Å². The van der Waals surface area contributed by atoms with Crippen molar-refractivity contribution in [2.75, 3.05) is 19.6 Å². The predicted octanol–water partition coefficient (Wildman–Crippen LogP) is 3.13. The van der Waals surface area contributed by atoms with Gasteiger partial charge in [-0.25, -0.2) is 8.42 Å². The lowest BCUT2D eigenvalue weighted by atomic mass is 9.88. The monoisotopic (exact) mass is 389 g/mol. The summed E-state index contributed by atoms with van der Waals surface area (Å²) >= 11 is 0. The zero-order valence-corrected chi connectivity index (χ0v) is 17.0. The van der Waals surface area contributed by atoms with E-state index in [1.54, 1.807) is 10.4 Å². The van der Waals surface area contributed by atoms with Crippen LogP contribution in [0.5, 0.6) is 0 Å². The Morgan fingerprint density at radius 3 is 2.78 bits per heavy atom. The lowest BCUT2D eigenvalue weighted by molar-refractivity contribution is 0.182. The number of benzene rings is 1. The molecule has 0 bridgehead atoms. The van der Waals surface area contributed by atoms with Crippen LogP contribution in [-0.4, -0.2) is 42.4 Å². The molecule has 0 radical (unpaired) electrons. The third-order valence-corrected chi connectivity index (χ3v) is 7.76. The summed E-state index contributed by atoms with van der Waals surface area (Å²) in [6, 6.07) is 9.46. The Balaban J connectivity index is 1.67. The lowest BCUT2D eigenvalue weighted by Crippen LogP contribution is -2.46. The summed E-state index contributed by atoms with van der Waals surface area (Å²) < 4.78 is 33.6. The van der Waals surface area contributed by atoms with Gasteiger partial charge < -0.3 is 4.52 Å². The molecule has 6 nitrogen and oxygen atoms in total. The number of hydrogen-bond donors (Lipinski definition) is 0. The van der Waals surface area contributed by atoms with Crippen LogP contribution in [0.25, 0.3) is 0 Å². The van der Waals surface area contributed by atoms with E-state index < -0.39 is 15.6 Å². The zero-order chi connectivity index (χ0) is 19.2. The highest BCUT2D eigenvalue weighted by Crippen LogP contribution is 2.49. The Bertz CT molecular complexity index is 937. The van der Waals surface area contributed by atoms with Crippen molar-refractivity contribution in [3.8, 4) is 0 Å². The fourth-order valence-corrected chi connectivity index (χ4v) is 6.50. The molecule has 146 valence electrons. The zero-order valence-electron chi connectivity index (χ0n) is 16.2. The quantitative estimate of drug-likeness (QED) is 0.786. The lowest BCUT2D eigenvalue weighted by Gasteiger charge is -2.34. The number of aryl methyl sites for hydroxylation is 1. The van der Waals surface area contributed by atoms with Gasteiger partial charge in [0, 0.05) is 32.2 Å². The molecule has 1 atom stereocenters. The number of rotatable bonds is 5. The van der Waals surface area contributed by atoms with Crippen molar-refractivity contribution in [2.24, 2.45) is 5.92 Å². The second kappa shape index (κ2) is 6.72. The summed E-state index contributed by atoms with van der Waals surface area (Å²) in [5.74, 6) is 1.25. The van der Waals surface area contributed by atoms with E-state index in [-0.39, 0.29) is 0 Å². The van der Waals surface area contributed by atoms with Crippen molar-refractivity contribution in [1.29, 1.82) is 0 Å². The van der Waals surface area contributed by atoms with Gasteiger partial charge in [-0.2, -0.15) is 4.31 Å². The number of nitrogens with zero attached hydrogens (tertiary/aromatic N) is 3. The average Bonchev–Trinajstić information content (AvgIpc) is 3.26. The molecule has 0 N–H and O–H groups in total. The van der Waals surface area contributed by atoms with Crippen LogP contribution in [0.15, 0.2) is 39.8 Å². The highest BCUT2D eigenvalue weighted by Gasteiger charge is 2.56. The number of likely N-dealkylation sites (tertiary alicyclic amines) is 1. The van der Waals surface area contributed by atoms with Crippen LogP contribution >= 0.6 is 0 Å². The molecular formula is C20H27N3O3S. The maximum absolute atomic E-state index is 13.3. The first-order valence-corrected chi connectivity index (χ1v) is 11.0. The van der Waals surface area contributed by atoms with E-state index >= 15 is 0 Å². The number of sulfonamides is 1. The normalized spacial score (nSPS) is 24.9. The van der Waals surface area contributed by atoms with Crippen molar-refractivity contribution in [3.05, 3.63) is 47.3 Å². The van der Waals surface area contributed by atoms with Crippen LogP contribution in [-0.2, 0) is 22.1 Å². The molecule has 1 aromatic heterocycles. The third kappa shape index (κ3) is 3.11. The van der Waals surface area contributed by atoms with Crippen LogP contribution in [0.3, 0.4) is 0 Å². The Morgan fingerprint density at radius 1 is 1.30 bits per heavy atom. The van der Waals surface area contributed by atoms with Gasteiger partial charge in [0.15, 0.2) is 0 Å². The summed E-state index contributed by atoms with van der Waals surface area (Å²) in [7, 11) is -3.45. The standard InChI is InChI=1S/C20H27N3O3S/c1-15(2)8-10-23-20(18-6-4-5-7-19(18)27(23,24)25)9-11-22(14-20)13-17-12-16(3)26-21-17/h4-7,12,15H,8-11,13-14H2,1-3H3. The molecule has 4 rings (SSSR count). The summed E-state index contributed by atoms with van der Waals surface area (Å²) in [4.78, 5) is 2.77. The van der Waals surface area contributed by atoms with E-state index in [4.69, 9.17) is 4.52 Å². The molecule has 1 fully saturated rings. The Hall–Kier alpha value is -1.70. The van der Waals surface area contributed by atoms with Crippen molar-refractivity contribution in [3.63, 3.8) is 0 Å². The Morgan fingerprint density at radius 2 is 2.07 bits per heavy atom. The molecule has 2 aliphatic heterocycles. The first kappa shape index (κ1) is 18.7. The molecule has 2 aromatic rings. The Kier molecular flexibility index (Phi) is 4.64. The molecule has 3 heterocycles. The molecule has 27 heavy (non-hydrogen) atoms. The van der Waals surface area contributed by atoms with Gasteiger partial charge in [0.25, 0.3) is 0 Å². The second-order valence-electron chi connectivity index (χ2n) is 8.18. The minimum Gasteiger partial charge on any atom is -0.361 e. The van der Waals surface area contributed by atoms with Crippen molar-refractivity contribution in [2.45, 2.75) is 50.6 Å². The Labute approximate surface area is 161 Å². The molecule has 1 saturated heterocycles. The maximum Gasteiger partial charge on any atom is 0.244 e. The minimum atomic E-state index is -3.45. The topological polar surface area (TPSA) is 66.7 Å². The van der Waals surface area contributed by atoms with E-state index in [0.717, 1.165) is 36.4 Å². The minimum absolute atomic E-state index is 0.455. The van der Waals surface area contributed by atoms with Crippen molar-refractivity contribution in [1.82, 2.24) is 14.4 Å². The smallest absolute Gasteiger partial charge is 0.244 e. The maximum atomic E-state index is 13.3. The van der Waals surface area contributed by atoms with Gasteiger partial charge in [-0.3, -0.25) is 4.90 Å². The van der Waals surface area contributed by atoms with Crippen LogP contribution in [0, 0.1) is 12.8 Å². The first-order valence-electron chi connectivity index (χ1n) is 9.60. The molecule has 0 aliphatic carbocycles. The highest BCUT2D eigenvalue weighted by atomic mass is 32.2. The molecule has 0 amide bonds. The van der Waals surface area contributed by atoms with E-state index in [2.05, 4.69) is 23.9 Å². The largest absolute Gasteiger partial charge is 0.361 e. The number of aromatic nitrogens is 1. The average molecular weight is 390 g/mol. The molecule has 0 saturated carbocycles. The first-order chi connectivity index (χ1) is 12.8. The summed E-state index contributed by atoms with van der Waals surface area (Å²) in [6.45, 7) is 8.92. The SMILES string of the molecule is Cc1cc(CN2CCC3(C2)c2ccccc2S(=O)(=O)N3CCC(C)C)no1. The van der Waals surface area contributed by atoms with E-state index in [1.165, 1.54) is 0 Å². The summed E-state index contributed by atoms with van der Waals surface area (Å²) in [5, 5.41) is 4.10. The molecule has 7 heteroatoms. The van der Waals surface area contributed by atoms with E-state index in [0.29, 0.717) is 30.4 Å². The molecule has 1 aromatic carbocycles. The van der Waals surface area contributed by atoms with Gasteiger partial charge >= 0.3 is 0 Å². The molecular weight excluding hydrogens is 362 g/mol. The molecule has 2 aliphatic rings. The van der Waals surface area contributed by atoms with Crippen molar-refractivity contribution < 1.29 is 12.9 Å². The number of fused-ring (bicyclic) bond motifs is 2. The third-order valence-electron chi connectivity index (χ3n) is 5.73. The van der Waals surface area contributed by atoms with Gasteiger partial charge in [0.05, 0.1) is 16.1 Å². The van der Waals surface area contributed by atoms with Gasteiger partial charge in [-0.1, -0.05) is 37.2 Å². The number of hydrogen-bond acceptors (Lipinski definition) is 5. The van der Waals surface area contributed by atoms with Gasteiger partial charge in [-0.05, 0) is 37.3 Å².